The Labute approximate surface area is 134 Å². The van der Waals surface area contributed by atoms with Gasteiger partial charge in [0.25, 0.3) is 5.91 Å². The summed E-state index contributed by atoms with van der Waals surface area (Å²) in [6.45, 7) is 1.46. The second-order valence-electron chi connectivity index (χ2n) is 4.73. The molecule has 24 heavy (non-hydrogen) atoms. The minimum Gasteiger partial charge on any atom is -0.459 e. The number of hydrogen-bond acceptors (Lipinski definition) is 4. The molecule has 0 aliphatic carbocycles. The highest BCUT2D eigenvalue weighted by Crippen LogP contribution is 2.23. The molecule has 0 bridgehead atoms. The third kappa shape index (κ3) is 5.04. The largest absolute Gasteiger partial charge is 0.573 e. The number of benzene rings is 1. The molecule has 1 aromatic heterocycles. The predicted octanol–water partition coefficient (Wildman–Crippen LogP) is 2.94. The molecule has 0 aliphatic rings. The van der Waals surface area contributed by atoms with Crippen LogP contribution in [0.2, 0.25) is 0 Å². The Morgan fingerprint density at radius 1 is 1.17 bits per heavy atom. The van der Waals surface area contributed by atoms with E-state index in [2.05, 4.69) is 15.4 Å². The summed E-state index contributed by atoms with van der Waals surface area (Å²) in [5.74, 6) is -1.45. The highest BCUT2D eigenvalue weighted by atomic mass is 19.4. The number of ether oxygens (including phenoxy) is 1. The fraction of sp³-hybridized carbons (Fsp3) is 0.200. The van der Waals surface area contributed by atoms with Crippen molar-refractivity contribution in [3.63, 3.8) is 0 Å². The van der Waals surface area contributed by atoms with Crippen LogP contribution in [0.5, 0.6) is 5.75 Å². The van der Waals surface area contributed by atoms with Crippen LogP contribution < -0.4 is 15.4 Å². The Morgan fingerprint density at radius 3 is 2.38 bits per heavy atom. The first-order valence-corrected chi connectivity index (χ1v) is 6.75. The zero-order chi connectivity index (χ0) is 17.7. The van der Waals surface area contributed by atoms with Crippen LogP contribution in [0.1, 0.15) is 17.5 Å². The molecule has 0 radical (unpaired) electrons. The van der Waals surface area contributed by atoms with E-state index in [1.165, 1.54) is 37.5 Å². The van der Waals surface area contributed by atoms with Gasteiger partial charge in [0.2, 0.25) is 5.91 Å². The summed E-state index contributed by atoms with van der Waals surface area (Å²) in [7, 11) is 0. The first-order chi connectivity index (χ1) is 11.2. The van der Waals surface area contributed by atoms with E-state index in [9.17, 15) is 22.8 Å². The van der Waals surface area contributed by atoms with Gasteiger partial charge in [-0.1, -0.05) is 0 Å². The minimum absolute atomic E-state index is 0.0586. The first kappa shape index (κ1) is 17.4. The molecule has 2 aromatic rings. The van der Waals surface area contributed by atoms with Crippen LogP contribution in [0.25, 0.3) is 0 Å². The number of anilines is 1. The molecule has 2 amide bonds. The van der Waals surface area contributed by atoms with E-state index in [-0.39, 0.29) is 11.4 Å². The minimum atomic E-state index is -4.78. The third-order valence-corrected chi connectivity index (χ3v) is 2.84. The Bertz CT molecular complexity index is 697. The van der Waals surface area contributed by atoms with E-state index in [0.29, 0.717) is 0 Å². The molecule has 9 heteroatoms. The molecule has 128 valence electrons. The molecular weight excluding hydrogens is 329 g/mol. The van der Waals surface area contributed by atoms with Crippen molar-refractivity contribution in [2.24, 2.45) is 0 Å². The monoisotopic (exact) mass is 342 g/mol. The van der Waals surface area contributed by atoms with Crippen LogP contribution in [-0.4, -0.2) is 24.2 Å². The fourth-order valence-electron chi connectivity index (χ4n) is 1.73. The highest BCUT2D eigenvalue weighted by Gasteiger charge is 2.31. The van der Waals surface area contributed by atoms with E-state index in [1.807, 2.05) is 0 Å². The highest BCUT2D eigenvalue weighted by molar-refractivity contribution is 5.99. The zero-order valence-corrected chi connectivity index (χ0v) is 12.4. The zero-order valence-electron chi connectivity index (χ0n) is 12.4. The van der Waals surface area contributed by atoms with Gasteiger partial charge in [0.15, 0.2) is 5.76 Å². The molecule has 1 atom stereocenters. The number of amides is 2. The normalized spacial score (nSPS) is 12.3. The van der Waals surface area contributed by atoms with Gasteiger partial charge < -0.3 is 19.8 Å². The van der Waals surface area contributed by atoms with E-state index in [0.717, 1.165) is 12.1 Å². The van der Waals surface area contributed by atoms with Gasteiger partial charge in [0, 0.05) is 5.69 Å². The molecule has 0 unspecified atom stereocenters. The lowest BCUT2D eigenvalue weighted by Gasteiger charge is -2.14. The molecule has 0 spiro atoms. The van der Waals surface area contributed by atoms with E-state index >= 15 is 0 Å². The van der Waals surface area contributed by atoms with Crippen molar-refractivity contribution in [3.05, 3.63) is 48.4 Å². The summed E-state index contributed by atoms with van der Waals surface area (Å²) in [6.07, 6.45) is -3.46. The number of alkyl halides is 3. The van der Waals surface area contributed by atoms with E-state index < -0.39 is 30.0 Å². The van der Waals surface area contributed by atoms with Crippen LogP contribution in [0.4, 0.5) is 18.9 Å². The van der Waals surface area contributed by atoms with Crippen LogP contribution in [0, 0.1) is 0 Å². The lowest BCUT2D eigenvalue weighted by Crippen LogP contribution is -2.41. The standard InChI is InChI=1S/C15H13F3N2O4/c1-9(19-14(22)12-3-2-8-23-12)13(21)20-10-4-6-11(7-5-10)24-15(16,17)18/h2-9H,1H3,(H,19,22)(H,20,21)/t9-/m0/s1. The Kier molecular flexibility index (Phi) is 5.12. The number of nitrogens with one attached hydrogen (secondary N) is 2. The van der Waals surface area contributed by atoms with Gasteiger partial charge in [-0.25, -0.2) is 0 Å². The lowest BCUT2D eigenvalue weighted by molar-refractivity contribution is -0.274. The average molecular weight is 342 g/mol. The van der Waals surface area contributed by atoms with Crippen LogP contribution >= 0.6 is 0 Å². The summed E-state index contributed by atoms with van der Waals surface area (Å²) in [6, 6.07) is 6.72. The second kappa shape index (κ2) is 7.07. The molecule has 2 N–H and O–H groups in total. The van der Waals surface area contributed by atoms with Crippen molar-refractivity contribution in [1.29, 1.82) is 0 Å². The number of halogens is 3. The van der Waals surface area contributed by atoms with Crippen molar-refractivity contribution >= 4 is 17.5 Å². The summed E-state index contributed by atoms with van der Waals surface area (Å²) in [5, 5.41) is 4.89. The molecule has 0 saturated heterocycles. The van der Waals surface area contributed by atoms with Crippen LogP contribution in [0.15, 0.2) is 47.1 Å². The van der Waals surface area contributed by atoms with Crippen LogP contribution in [-0.2, 0) is 4.79 Å². The van der Waals surface area contributed by atoms with Crippen molar-refractivity contribution in [2.75, 3.05) is 5.32 Å². The maximum atomic E-state index is 12.1. The SMILES string of the molecule is C[C@H](NC(=O)c1ccco1)C(=O)Nc1ccc(OC(F)(F)F)cc1. The molecule has 1 heterocycles. The maximum absolute atomic E-state index is 12.1. The van der Waals surface area contributed by atoms with Gasteiger partial charge in [0.1, 0.15) is 11.8 Å². The average Bonchev–Trinajstić information content (AvgIpc) is 3.02. The Hall–Kier alpha value is -2.97. The summed E-state index contributed by atoms with van der Waals surface area (Å²) < 4.78 is 44.8. The van der Waals surface area contributed by atoms with Crippen molar-refractivity contribution in [1.82, 2.24) is 5.32 Å². The number of rotatable bonds is 5. The van der Waals surface area contributed by atoms with Gasteiger partial charge in [-0.2, -0.15) is 0 Å². The first-order valence-electron chi connectivity index (χ1n) is 6.75. The lowest BCUT2D eigenvalue weighted by atomic mass is 10.2. The topological polar surface area (TPSA) is 80.6 Å². The van der Waals surface area contributed by atoms with Gasteiger partial charge in [0.05, 0.1) is 6.26 Å². The van der Waals surface area contributed by atoms with Gasteiger partial charge in [-0.3, -0.25) is 9.59 Å². The predicted molar refractivity (Wildman–Crippen MR) is 77.4 cm³/mol. The van der Waals surface area contributed by atoms with E-state index in [1.54, 1.807) is 0 Å². The molecule has 1 aromatic carbocycles. The number of carbonyl (C=O) groups is 2. The van der Waals surface area contributed by atoms with Crippen molar-refractivity contribution in [2.45, 2.75) is 19.3 Å². The second-order valence-corrected chi connectivity index (χ2v) is 4.73. The smallest absolute Gasteiger partial charge is 0.459 e. The van der Waals surface area contributed by atoms with Crippen molar-refractivity contribution < 1.29 is 31.9 Å². The number of carbonyl (C=O) groups excluding carboxylic acids is 2. The molecule has 0 fully saturated rings. The Balaban J connectivity index is 1.90. The van der Waals surface area contributed by atoms with Gasteiger partial charge >= 0.3 is 6.36 Å². The number of hydrogen-bond donors (Lipinski definition) is 2. The molecule has 0 aliphatic heterocycles. The third-order valence-electron chi connectivity index (χ3n) is 2.84. The maximum Gasteiger partial charge on any atom is 0.573 e. The summed E-state index contributed by atoms with van der Waals surface area (Å²) in [4.78, 5) is 23.7. The Morgan fingerprint density at radius 2 is 1.83 bits per heavy atom. The molecule has 0 saturated carbocycles. The number of furan rings is 1. The molecule has 6 nitrogen and oxygen atoms in total. The summed E-state index contributed by atoms with van der Waals surface area (Å²) in [5.41, 5.74) is 0.258. The quantitative estimate of drug-likeness (QED) is 0.875. The fourth-order valence-corrected chi connectivity index (χ4v) is 1.73. The van der Waals surface area contributed by atoms with Gasteiger partial charge in [-0.15, -0.1) is 13.2 Å². The molecule has 2 rings (SSSR count). The van der Waals surface area contributed by atoms with Crippen molar-refractivity contribution in [3.8, 4) is 5.75 Å². The van der Waals surface area contributed by atoms with Gasteiger partial charge in [-0.05, 0) is 43.3 Å². The molecular formula is C15H13F3N2O4. The van der Waals surface area contributed by atoms with E-state index in [4.69, 9.17) is 4.42 Å². The summed E-state index contributed by atoms with van der Waals surface area (Å²) >= 11 is 0. The van der Waals surface area contributed by atoms with Crippen LogP contribution in [0.3, 0.4) is 0 Å².